The summed E-state index contributed by atoms with van der Waals surface area (Å²) in [4.78, 5) is 28.2. The molecule has 1 saturated heterocycles. The molecule has 0 atom stereocenters. The van der Waals surface area contributed by atoms with Crippen LogP contribution in [0.25, 0.3) is 0 Å². The molecule has 1 aromatic rings. The molecule has 0 unspecified atom stereocenters. The van der Waals surface area contributed by atoms with E-state index in [-0.39, 0.29) is 18.5 Å². The molecule has 1 aliphatic heterocycles. The van der Waals surface area contributed by atoms with Crippen LogP contribution < -0.4 is 5.32 Å². The number of aromatic amines is 1. The monoisotopic (exact) mass is 333 g/mol. The van der Waals surface area contributed by atoms with E-state index in [1.165, 1.54) is 12.8 Å². The van der Waals surface area contributed by atoms with Gasteiger partial charge in [0.25, 0.3) is 0 Å². The first-order valence-electron chi connectivity index (χ1n) is 8.89. The van der Waals surface area contributed by atoms with E-state index in [2.05, 4.69) is 15.5 Å². The van der Waals surface area contributed by atoms with Crippen molar-refractivity contribution in [2.45, 2.75) is 52.0 Å². The van der Waals surface area contributed by atoms with E-state index in [0.29, 0.717) is 25.7 Å². The summed E-state index contributed by atoms with van der Waals surface area (Å²) in [6.07, 6.45) is 5.40. The van der Waals surface area contributed by atoms with E-state index in [0.717, 1.165) is 36.2 Å². The number of amides is 3. The number of rotatable bonds is 4. The summed E-state index contributed by atoms with van der Waals surface area (Å²) in [5.41, 5.74) is 3.17. The van der Waals surface area contributed by atoms with Crippen molar-refractivity contribution in [1.29, 1.82) is 0 Å². The molecule has 24 heavy (non-hydrogen) atoms. The minimum absolute atomic E-state index is 0.0878. The van der Waals surface area contributed by atoms with Crippen LogP contribution >= 0.6 is 0 Å². The standard InChI is InChI=1S/C17H27N5O2/c1-12-15(13(2)20-19-12)7-8-18-17(24)21-9-10-22(16(23)11-21)14-5-3-4-6-14/h14H,3-11H2,1-2H3,(H,18,24)(H,19,20). The predicted molar refractivity (Wildman–Crippen MR) is 90.7 cm³/mol. The number of aromatic nitrogens is 2. The first-order chi connectivity index (χ1) is 11.6. The molecule has 0 radical (unpaired) electrons. The molecule has 2 heterocycles. The van der Waals surface area contributed by atoms with Gasteiger partial charge in [0.15, 0.2) is 0 Å². The summed E-state index contributed by atoms with van der Waals surface area (Å²) < 4.78 is 0. The fraction of sp³-hybridized carbons (Fsp3) is 0.706. The molecule has 7 nitrogen and oxygen atoms in total. The van der Waals surface area contributed by atoms with Gasteiger partial charge < -0.3 is 15.1 Å². The van der Waals surface area contributed by atoms with Gasteiger partial charge in [-0.25, -0.2) is 4.79 Å². The summed E-state index contributed by atoms with van der Waals surface area (Å²) in [6.45, 7) is 5.98. The van der Waals surface area contributed by atoms with E-state index < -0.39 is 0 Å². The van der Waals surface area contributed by atoms with Gasteiger partial charge in [0.2, 0.25) is 5.91 Å². The molecule has 0 bridgehead atoms. The van der Waals surface area contributed by atoms with Gasteiger partial charge in [-0.1, -0.05) is 12.8 Å². The van der Waals surface area contributed by atoms with Gasteiger partial charge in [-0.05, 0) is 38.7 Å². The van der Waals surface area contributed by atoms with Crippen LogP contribution in [-0.2, 0) is 11.2 Å². The lowest BCUT2D eigenvalue weighted by atomic mass is 10.1. The van der Waals surface area contributed by atoms with Crippen molar-refractivity contribution in [3.63, 3.8) is 0 Å². The van der Waals surface area contributed by atoms with E-state index in [1.54, 1.807) is 4.90 Å². The number of urea groups is 1. The first-order valence-corrected chi connectivity index (χ1v) is 8.89. The number of piperazine rings is 1. The largest absolute Gasteiger partial charge is 0.338 e. The fourth-order valence-electron chi connectivity index (χ4n) is 3.81. The molecule has 1 aromatic heterocycles. The fourth-order valence-corrected chi connectivity index (χ4v) is 3.81. The molecule has 132 valence electrons. The van der Waals surface area contributed by atoms with Gasteiger partial charge in [-0.3, -0.25) is 9.89 Å². The lowest BCUT2D eigenvalue weighted by Gasteiger charge is -2.37. The maximum atomic E-state index is 12.3. The Hall–Kier alpha value is -2.05. The molecular weight excluding hydrogens is 306 g/mol. The van der Waals surface area contributed by atoms with Gasteiger partial charge in [-0.15, -0.1) is 0 Å². The third-order valence-corrected chi connectivity index (χ3v) is 5.24. The van der Waals surface area contributed by atoms with Crippen molar-refractivity contribution < 1.29 is 9.59 Å². The summed E-state index contributed by atoms with van der Waals surface area (Å²) in [5, 5.41) is 10.0. The van der Waals surface area contributed by atoms with Crippen molar-refractivity contribution >= 4 is 11.9 Å². The van der Waals surface area contributed by atoms with Crippen molar-refractivity contribution in [2.24, 2.45) is 0 Å². The highest BCUT2D eigenvalue weighted by Gasteiger charge is 2.32. The second kappa shape index (κ2) is 7.23. The van der Waals surface area contributed by atoms with Crippen molar-refractivity contribution in [3.05, 3.63) is 17.0 Å². The second-order valence-corrected chi connectivity index (χ2v) is 6.84. The zero-order valence-corrected chi connectivity index (χ0v) is 14.6. The average Bonchev–Trinajstić information content (AvgIpc) is 3.19. The molecular formula is C17H27N5O2. The lowest BCUT2D eigenvalue weighted by molar-refractivity contribution is -0.137. The number of hydrogen-bond acceptors (Lipinski definition) is 3. The highest BCUT2D eigenvalue weighted by molar-refractivity contribution is 5.85. The number of carbonyl (C=O) groups is 2. The molecule has 0 aromatic carbocycles. The van der Waals surface area contributed by atoms with E-state index in [1.807, 2.05) is 18.7 Å². The smallest absolute Gasteiger partial charge is 0.317 e. The van der Waals surface area contributed by atoms with E-state index in [9.17, 15) is 9.59 Å². The number of H-pyrrole nitrogens is 1. The van der Waals surface area contributed by atoms with E-state index >= 15 is 0 Å². The minimum atomic E-state index is -0.145. The zero-order chi connectivity index (χ0) is 17.1. The normalized spacial score (nSPS) is 19.2. The molecule has 3 rings (SSSR count). The van der Waals surface area contributed by atoms with E-state index in [4.69, 9.17) is 0 Å². The highest BCUT2D eigenvalue weighted by atomic mass is 16.2. The maximum absolute atomic E-state index is 12.3. The third-order valence-electron chi connectivity index (χ3n) is 5.24. The van der Waals surface area contributed by atoms with Crippen molar-refractivity contribution in [2.75, 3.05) is 26.2 Å². The average molecular weight is 333 g/mol. The topological polar surface area (TPSA) is 81.3 Å². The van der Waals surface area contributed by atoms with Crippen LogP contribution in [0.3, 0.4) is 0 Å². The number of aryl methyl sites for hydroxylation is 2. The van der Waals surface area contributed by atoms with Gasteiger partial charge >= 0.3 is 6.03 Å². The number of hydrogen-bond donors (Lipinski definition) is 2. The molecule has 1 saturated carbocycles. The molecule has 3 amide bonds. The van der Waals surface area contributed by atoms with Gasteiger partial charge in [0.1, 0.15) is 6.54 Å². The van der Waals surface area contributed by atoms with Gasteiger partial charge in [0, 0.05) is 31.4 Å². The van der Waals surface area contributed by atoms with Crippen molar-refractivity contribution in [1.82, 2.24) is 25.3 Å². The second-order valence-electron chi connectivity index (χ2n) is 6.84. The maximum Gasteiger partial charge on any atom is 0.317 e. The highest BCUT2D eigenvalue weighted by Crippen LogP contribution is 2.24. The SMILES string of the molecule is Cc1n[nH]c(C)c1CCNC(=O)N1CCN(C2CCCC2)C(=O)C1. The molecule has 1 aliphatic carbocycles. The third kappa shape index (κ3) is 3.55. The van der Waals surface area contributed by atoms with Crippen LogP contribution in [-0.4, -0.2) is 64.2 Å². The Bertz CT molecular complexity index is 587. The molecule has 7 heteroatoms. The Labute approximate surface area is 142 Å². The molecule has 0 spiro atoms. The lowest BCUT2D eigenvalue weighted by Crippen LogP contribution is -2.56. The molecule has 2 fully saturated rings. The van der Waals surface area contributed by atoms with Crippen molar-refractivity contribution in [3.8, 4) is 0 Å². The van der Waals surface area contributed by atoms with Crippen LogP contribution in [0.5, 0.6) is 0 Å². The van der Waals surface area contributed by atoms with Crippen LogP contribution in [0.15, 0.2) is 0 Å². The van der Waals surface area contributed by atoms with Crippen LogP contribution in [0, 0.1) is 13.8 Å². The molecule has 2 aliphatic rings. The number of carbonyl (C=O) groups excluding carboxylic acids is 2. The Morgan fingerprint density at radius 3 is 2.67 bits per heavy atom. The quantitative estimate of drug-likeness (QED) is 0.873. The summed E-state index contributed by atoms with van der Waals surface area (Å²) in [6, 6.07) is 0.253. The van der Waals surface area contributed by atoms with Crippen LogP contribution in [0.2, 0.25) is 0 Å². The van der Waals surface area contributed by atoms with Gasteiger partial charge in [-0.2, -0.15) is 5.10 Å². The minimum Gasteiger partial charge on any atom is -0.338 e. The number of nitrogens with zero attached hydrogens (tertiary/aromatic N) is 3. The zero-order valence-electron chi connectivity index (χ0n) is 14.6. The molecule has 2 N–H and O–H groups in total. The Morgan fingerprint density at radius 2 is 2.04 bits per heavy atom. The Morgan fingerprint density at radius 1 is 1.29 bits per heavy atom. The summed E-state index contributed by atoms with van der Waals surface area (Å²) >= 11 is 0. The first kappa shape index (κ1) is 16.8. The Balaban J connectivity index is 1.45. The van der Waals surface area contributed by atoms with Crippen LogP contribution in [0.1, 0.15) is 42.6 Å². The van der Waals surface area contributed by atoms with Gasteiger partial charge in [0.05, 0.1) is 5.69 Å². The number of nitrogens with one attached hydrogen (secondary N) is 2. The van der Waals surface area contributed by atoms with Crippen LogP contribution in [0.4, 0.5) is 4.79 Å². The summed E-state index contributed by atoms with van der Waals surface area (Å²) in [5.74, 6) is 0.0878. The predicted octanol–water partition coefficient (Wildman–Crippen LogP) is 1.37. The summed E-state index contributed by atoms with van der Waals surface area (Å²) in [7, 11) is 0. The Kier molecular flexibility index (Phi) is 5.06.